The van der Waals surface area contributed by atoms with Crippen LogP contribution in [0.5, 0.6) is 0 Å². The van der Waals surface area contributed by atoms with E-state index in [2.05, 4.69) is 17.0 Å². The molecule has 1 saturated heterocycles. The normalized spacial score (nSPS) is 19.5. The molecule has 2 aliphatic heterocycles. The standard InChI is InChI=1S/C22H27N3O2S/c1-23(15-19-9-6-12-28-19)21(26)16-25-14-18-8-3-2-7-17(18)13-20(25)22(27)24-10-4-5-11-24/h2-3,6-9,12,20H,4-5,10-11,13-16H2,1H3/t20-/m0/s1. The second-order valence-corrected chi connectivity index (χ2v) is 8.79. The molecule has 0 unspecified atom stereocenters. The third-order valence-corrected chi connectivity index (χ3v) is 6.65. The molecule has 4 rings (SSSR count). The molecule has 2 aliphatic rings. The average Bonchev–Trinajstić information content (AvgIpc) is 3.41. The highest BCUT2D eigenvalue weighted by atomic mass is 32.1. The molecule has 1 atom stereocenters. The molecule has 0 spiro atoms. The first-order chi connectivity index (χ1) is 13.6. The first-order valence-electron chi connectivity index (χ1n) is 9.98. The van der Waals surface area contributed by atoms with Gasteiger partial charge in [-0.2, -0.15) is 0 Å². The molecule has 0 saturated carbocycles. The van der Waals surface area contributed by atoms with Crippen LogP contribution in [0.4, 0.5) is 0 Å². The van der Waals surface area contributed by atoms with Crippen LogP contribution in [0.2, 0.25) is 0 Å². The lowest BCUT2D eigenvalue weighted by Gasteiger charge is -2.38. The first-order valence-corrected chi connectivity index (χ1v) is 10.9. The van der Waals surface area contributed by atoms with Crippen molar-refractivity contribution in [3.63, 3.8) is 0 Å². The minimum Gasteiger partial charge on any atom is -0.341 e. The van der Waals surface area contributed by atoms with Gasteiger partial charge in [0.05, 0.1) is 19.1 Å². The van der Waals surface area contributed by atoms with Crippen LogP contribution in [0.15, 0.2) is 41.8 Å². The second-order valence-electron chi connectivity index (χ2n) is 7.76. The van der Waals surface area contributed by atoms with Crippen LogP contribution in [0.25, 0.3) is 0 Å². The summed E-state index contributed by atoms with van der Waals surface area (Å²) in [5, 5.41) is 2.03. The number of thiophene rings is 1. The number of rotatable bonds is 5. The predicted molar refractivity (Wildman–Crippen MR) is 111 cm³/mol. The first kappa shape index (κ1) is 19.2. The fourth-order valence-electron chi connectivity index (χ4n) is 4.15. The number of nitrogens with zero attached hydrogens (tertiary/aromatic N) is 3. The highest BCUT2D eigenvalue weighted by Crippen LogP contribution is 2.25. The number of hydrogen-bond acceptors (Lipinski definition) is 4. The summed E-state index contributed by atoms with van der Waals surface area (Å²) >= 11 is 1.66. The Kier molecular flexibility index (Phi) is 5.78. The van der Waals surface area contributed by atoms with Gasteiger partial charge in [-0.15, -0.1) is 11.3 Å². The molecular formula is C22H27N3O2S. The van der Waals surface area contributed by atoms with Crippen molar-refractivity contribution in [3.05, 3.63) is 57.8 Å². The smallest absolute Gasteiger partial charge is 0.240 e. The van der Waals surface area contributed by atoms with Crippen LogP contribution in [0, 0.1) is 0 Å². The van der Waals surface area contributed by atoms with E-state index < -0.39 is 0 Å². The zero-order valence-electron chi connectivity index (χ0n) is 16.3. The number of benzene rings is 1. The van der Waals surface area contributed by atoms with Crippen molar-refractivity contribution in [2.24, 2.45) is 0 Å². The van der Waals surface area contributed by atoms with E-state index in [0.717, 1.165) is 25.9 Å². The molecular weight excluding hydrogens is 370 g/mol. The number of fused-ring (bicyclic) bond motifs is 1. The van der Waals surface area contributed by atoms with E-state index in [0.29, 0.717) is 19.5 Å². The van der Waals surface area contributed by atoms with Crippen molar-refractivity contribution < 1.29 is 9.59 Å². The Bertz CT molecular complexity index is 830. The molecule has 0 N–H and O–H groups in total. The monoisotopic (exact) mass is 397 g/mol. The topological polar surface area (TPSA) is 43.9 Å². The van der Waals surface area contributed by atoms with E-state index >= 15 is 0 Å². The number of amides is 2. The molecule has 148 valence electrons. The third-order valence-electron chi connectivity index (χ3n) is 5.79. The van der Waals surface area contributed by atoms with Gasteiger partial charge in [0, 0.05) is 31.6 Å². The van der Waals surface area contributed by atoms with Gasteiger partial charge in [-0.3, -0.25) is 14.5 Å². The van der Waals surface area contributed by atoms with Crippen LogP contribution in [-0.2, 0) is 29.1 Å². The highest BCUT2D eigenvalue weighted by Gasteiger charge is 2.36. The third kappa shape index (κ3) is 4.13. The maximum atomic E-state index is 13.2. The van der Waals surface area contributed by atoms with E-state index in [9.17, 15) is 9.59 Å². The van der Waals surface area contributed by atoms with Crippen molar-refractivity contribution in [3.8, 4) is 0 Å². The van der Waals surface area contributed by atoms with E-state index in [1.54, 1.807) is 16.2 Å². The van der Waals surface area contributed by atoms with Crippen LogP contribution >= 0.6 is 11.3 Å². The van der Waals surface area contributed by atoms with Crippen LogP contribution in [0.3, 0.4) is 0 Å². The van der Waals surface area contributed by atoms with Gasteiger partial charge in [-0.1, -0.05) is 30.3 Å². The van der Waals surface area contributed by atoms with Crippen molar-refractivity contribution in [1.29, 1.82) is 0 Å². The van der Waals surface area contributed by atoms with Gasteiger partial charge in [0.25, 0.3) is 0 Å². The molecule has 3 heterocycles. The molecule has 0 aliphatic carbocycles. The molecule has 2 amide bonds. The van der Waals surface area contributed by atoms with Crippen molar-refractivity contribution in [1.82, 2.24) is 14.7 Å². The fraction of sp³-hybridized carbons (Fsp3) is 0.455. The lowest BCUT2D eigenvalue weighted by molar-refractivity contribution is -0.139. The van der Waals surface area contributed by atoms with Gasteiger partial charge in [0.2, 0.25) is 11.8 Å². The largest absolute Gasteiger partial charge is 0.341 e. The summed E-state index contributed by atoms with van der Waals surface area (Å²) in [6.07, 6.45) is 2.85. The molecule has 1 aromatic carbocycles. The SMILES string of the molecule is CN(Cc1cccs1)C(=O)CN1Cc2ccccc2C[C@H]1C(=O)N1CCCC1. The van der Waals surface area contributed by atoms with Crippen molar-refractivity contribution in [2.45, 2.75) is 38.4 Å². The van der Waals surface area contributed by atoms with Gasteiger partial charge >= 0.3 is 0 Å². The number of carbonyl (C=O) groups excluding carboxylic acids is 2. The fourth-order valence-corrected chi connectivity index (χ4v) is 4.91. The maximum absolute atomic E-state index is 13.2. The maximum Gasteiger partial charge on any atom is 0.240 e. The summed E-state index contributed by atoms with van der Waals surface area (Å²) in [6, 6.07) is 12.1. The van der Waals surface area contributed by atoms with Crippen LogP contribution in [-0.4, -0.2) is 59.2 Å². The van der Waals surface area contributed by atoms with E-state index in [1.807, 2.05) is 41.6 Å². The molecule has 2 aromatic rings. The Morgan fingerprint density at radius 3 is 2.57 bits per heavy atom. The van der Waals surface area contributed by atoms with Gasteiger partial charge in [0.15, 0.2) is 0 Å². The number of likely N-dealkylation sites (N-methyl/N-ethyl adjacent to an activating group) is 1. The van der Waals surface area contributed by atoms with Gasteiger partial charge < -0.3 is 9.80 Å². The lowest BCUT2D eigenvalue weighted by Crippen LogP contribution is -2.53. The summed E-state index contributed by atoms with van der Waals surface area (Å²) in [7, 11) is 1.84. The Labute approximate surface area is 170 Å². The molecule has 6 heteroatoms. The lowest BCUT2D eigenvalue weighted by atomic mass is 9.93. The Morgan fingerprint density at radius 2 is 1.86 bits per heavy atom. The number of carbonyl (C=O) groups is 2. The van der Waals surface area contributed by atoms with E-state index in [1.165, 1.54) is 16.0 Å². The average molecular weight is 398 g/mol. The minimum atomic E-state index is -0.243. The van der Waals surface area contributed by atoms with Gasteiger partial charge in [-0.25, -0.2) is 0 Å². The van der Waals surface area contributed by atoms with Crippen molar-refractivity contribution >= 4 is 23.2 Å². The molecule has 0 radical (unpaired) electrons. The number of likely N-dealkylation sites (tertiary alicyclic amines) is 1. The summed E-state index contributed by atoms with van der Waals surface area (Å²) in [5.41, 5.74) is 2.46. The summed E-state index contributed by atoms with van der Waals surface area (Å²) in [6.45, 7) is 3.24. The molecule has 0 bridgehead atoms. The Morgan fingerprint density at radius 1 is 1.11 bits per heavy atom. The summed E-state index contributed by atoms with van der Waals surface area (Å²) < 4.78 is 0. The zero-order valence-corrected chi connectivity index (χ0v) is 17.2. The molecule has 1 aromatic heterocycles. The summed E-state index contributed by atoms with van der Waals surface area (Å²) in [4.78, 5) is 33.1. The Hall–Kier alpha value is -2.18. The van der Waals surface area contributed by atoms with Crippen molar-refractivity contribution in [2.75, 3.05) is 26.7 Å². The summed E-state index contributed by atoms with van der Waals surface area (Å²) in [5.74, 6) is 0.243. The van der Waals surface area contributed by atoms with E-state index in [-0.39, 0.29) is 24.4 Å². The zero-order chi connectivity index (χ0) is 19.5. The highest BCUT2D eigenvalue weighted by molar-refractivity contribution is 7.09. The van der Waals surface area contributed by atoms with E-state index in [4.69, 9.17) is 0 Å². The number of hydrogen-bond donors (Lipinski definition) is 0. The predicted octanol–water partition coefficient (Wildman–Crippen LogP) is 2.76. The second kappa shape index (κ2) is 8.45. The quantitative estimate of drug-likeness (QED) is 0.779. The molecule has 1 fully saturated rings. The van der Waals surface area contributed by atoms with Crippen LogP contribution < -0.4 is 0 Å². The Balaban J connectivity index is 1.50. The molecule has 28 heavy (non-hydrogen) atoms. The van der Waals surface area contributed by atoms with Gasteiger partial charge in [0.1, 0.15) is 0 Å². The minimum absolute atomic E-state index is 0.0620. The van der Waals surface area contributed by atoms with Gasteiger partial charge in [-0.05, 0) is 41.8 Å². The molecule has 5 nitrogen and oxygen atoms in total. The van der Waals surface area contributed by atoms with Crippen LogP contribution in [0.1, 0.15) is 28.8 Å².